The number of urea groups is 1. The summed E-state index contributed by atoms with van der Waals surface area (Å²) in [4.78, 5) is 26.2. The van der Waals surface area contributed by atoms with Crippen molar-refractivity contribution in [1.29, 1.82) is 0 Å². The molecule has 1 aliphatic heterocycles. The van der Waals surface area contributed by atoms with E-state index < -0.39 is 11.7 Å². The first kappa shape index (κ1) is 25.0. The number of methoxy groups -OCH3 is 1. The molecule has 0 bridgehead atoms. The fourth-order valence-corrected chi connectivity index (χ4v) is 3.73. The van der Waals surface area contributed by atoms with Gasteiger partial charge < -0.3 is 14.4 Å². The Bertz CT molecular complexity index is 1230. The molecule has 0 saturated carbocycles. The number of anilines is 1. The van der Waals surface area contributed by atoms with Crippen molar-refractivity contribution >= 4 is 17.9 Å². The fourth-order valence-electron chi connectivity index (χ4n) is 3.73. The highest BCUT2D eigenvalue weighted by Crippen LogP contribution is 2.31. The Kier molecular flexibility index (Phi) is 7.37. The summed E-state index contributed by atoms with van der Waals surface area (Å²) in [6.45, 7) is 3.12. The number of pyridine rings is 1. The third kappa shape index (κ3) is 6.29. The topological polar surface area (TPSA) is 89.5 Å². The van der Waals surface area contributed by atoms with Crippen LogP contribution in [0.2, 0.25) is 0 Å². The van der Waals surface area contributed by atoms with Crippen LogP contribution in [-0.2, 0) is 6.18 Å². The minimum atomic E-state index is -4.45. The Balaban J connectivity index is 1.37. The van der Waals surface area contributed by atoms with Crippen LogP contribution in [0.25, 0.3) is 6.08 Å². The van der Waals surface area contributed by atoms with Gasteiger partial charge in [0.05, 0.1) is 25.1 Å². The predicted octanol–water partition coefficient (Wildman–Crippen LogP) is 5.65. The maximum atomic E-state index is 12.7. The molecule has 11 heteroatoms. The third-order valence-electron chi connectivity index (χ3n) is 5.65. The molecule has 0 radical (unpaired) electrons. The van der Waals surface area contributed by atoms with Crippen molar-refractivity contribution in [2.45, 2.75) is 19.5 Å². The normalized spacial score (nSPS) is 17.1. The summed E-state index contributed by atoms with van der Waals surface area (Å²) in [6, 6.07) is 9.08. The standard InChI is InChI=1S/C25H24F3N5O3/c1-16-15-33(24(34)32-21-13-31-23(35-2)14-29-21)9-8-18(16)10-17-4-3-5-20(11-17)36-22-7-6-19(12-30-22)25(26,27)28/h3-7,10-14,16H,8-9,15H2,1-2H3,(H,29,32,34). The molecule has 2 amide bonds. The number of likely N-dealkylation sites (tertiary alicyclic amines) is 1. The minimum Gasteiger partial charge on any atom is -0.480 e. The number of piperidine rings is 1. The molecule has 188 valence electrons. The van der Waals surface area contributed by atoms with Gasteiger partial charge in [-0.3, -0.25) is 5.32 Å². The first-order valence-corrected chi connectivity index (χ1v) is 11.1. The van der Waals surface area contributed by atoms with Crippen molar-refractivity contribution in [2.24, 2.45) is 5.92 Å². The lowest BCUT2D eigenvalue weighted by atomic mass is 9.91. The highest BCUT2D eigenvalue weighted by atomic mass is 19.4. The summed E-state index contributed by atoms with van der Waals surface area (Å²) in [5.74, 6) is 1.35. The van der Waals surface area contributed by atoms with Gasteiger partial charge in [-0.05, 0) is 36.1 Å². The van der Waals surface area contributed by atoms with E-state index in [4.69, 9.17) is 9.47 Å². The van der Waals surface area contributed by atoms with Crippen molar-refractivity contribution in [3.05, 3.63) is 71.7 Å². The van der Waals surface area contributed by atoms with Gasteiger partial charge in [-0.15, -0.1) is 0 Å². The number of nitrogens with one attached hydrogen (secondary N) is 1. The van der Waals surface area contributed by atoms with Gasteiger partial charge in [-0.1, -0.05) is 30.7 Å². The number of amides is 2. The molecule has 0 spiro atoms. The second-order valence-corrected chi connectivity index (χ2v) is 8.25. The van der Waals surface area contributed by atoms with Gasteiger partial charge in [0.1, 0.15) is 5.75 Å². The highest BCUT2D eigenvalue weighted by molar-refractivity contribution is 5.88. The average Bonchev–Trinajstić information content (AvgIpc) is 2.86. The summed E-state index contributed by atoms with van der Waals surface area (Å²) >= 11 is 0. The van der Waals surface area contributed by atoms with E-state index in [0.29, 0.717) is 37.0 Å². The molecule has 4 rings (SSSR count). The largest absolute Gasteiger partial charge is 0.480 e. The van der Waals surface area contributed by atoms with E-state index in [1.54, 1.807) is 23.1 Å². The van der Waals surface area contributed by atoms with Crippen LogP contribution in [0.1, 0.15) is 24.5 Å². The van der Waals surface area contributed by atoms with Crippen LogP contribution in [0.5, 0.6) is 17.5 Å². The maximum absolute atomic E-state index is 12.7. The molecule has 3 aromatic rings. The number of nitrogens with zero attached hydrogens (tertiary/aromatic N) is 4. The first-order chi connectivity index (χ1) is 17.2. The Morgan fingerprint density at radius 3 is 2.56 bits per heavy atom. The highest BCUT2D eigenvalue weighted by Gasteiger charge is 2.30. The summed E-state index contributed by atoms with van der Waals surface area (Å²) in [7, 11) is 1.49. The van der Waals surface area contributed by atoms with Crippen molar-refractivity contribution < 1.29 is 27.4 Å². The molecular formula is C25H24F3N5O3. The van der Waals surface area contributed by atoms with Gasteiger partial charge in [0.15, 0.2) is 5.82 Å². The number of carbonyl (C=O) groups is 1. The van der Waals surface area contributed by atoms with E-state index in [1.807, 2.05) is 19.1 Å². The van der Waals surface area contributed by atoms with Gasteiger partial charge in [0, 0.05) is 25.4 Å². The van der Waals surface area contributed by atoms with Crippen molar-refractivity contribution in [1.82, 2.24) is 19.9 Å². The van der Waals surface area contributed by atoms with E-state index in [1.165, 1.54) is 31.1 Å². The molecule has 1 N–H and O–H groups in total. The van der Waals surface area contributed by atoms with Crippen LogP contribution < -0.4 is 14.8 Å². The van der Waals surface area contributed by atoms with E-state index in [-0.39, 0.29) is 17.8 Å². The SMILES string of the molecule is COc1cnc(NC(=O)N2CCC(=Cc3cccc(Oc4ccc(C(F)(F)F)cn4)c3)C(C)C2)cn1. The van der Waals surface area contributed by atoms with Crippen LogP contribution in [0.3, 0.4) is 0 Å². The number of hydrogen-bond donors (Lipinski definition) is 1. The zero-order valence-corrected chi connectivity index (χ0v) is 19.6. The number of carbonyl (C=O) groups excluding carboxylic acids is 1. The molecule has 1 fully saturated rings. The van der Waals surface area contributed by atoms with Crippen LogP contribution in [0.4, 0.5) is 23.8 Å². The van der Waals surface area contributed by atoms with Gasteiger partial charge >= 0.3 is 12.2 Å². The lowest BCUT2D eigenvalue weighted by molar-refractivity contribution is -0.137. The Labute approximate surface area is 205 Å². The fraction of sp³-hybridized carbons (Fsp3) is 0.280. The number of rotatable bonds is 5. The van der Waals surface area contributed by atoms with Gasteiger partial charge in [-0.25, -0.2) is 19.7 Å². The third-order valence-corrected chi connectivity index (χ3v) is 5.65. The molecule has 1 aromatic carbocycles. The molecule has 2 aromatic heterocycles. The summed E-state index contributed by atoms with van der Waals surface area (Å²) in [6.07, 6.45) is 1.89. The monoisotopic (exact) mass is 499 g/mol. The molecule has 3 heterocycles. The van der Waals surface area contributed by atoms with E-state index in [0.717, 1.165) is 17.8 Å². The lowest BCUT2D eigenvalue weighted by Crippen LogP contribution is -2.42. The molecule has 1 atom stereocenters. The smallest absolute Gasteiger partial charge is 0.417 e. The number of aromatic nitrogens is 3. The van der Waals surface area contributed by atoms with Gasteiger partial charge in [-0.2, -0.15) is 13.2 Å². The second kappa shape index (κ2) is 10.6. The quantitative estimate of drug-likeness (QED) is 0.488. The number of hydrogen-bond acceptors (Lipinski definition) is 6. The zero-order chi connectivity index (χ0) is 25.7. The molecular weight excluding hydrogens is 475 g/mol. The Hall–Kier alpha value is -4.15. The van der Waals surface area contributed by atoms with Crippen molar-refractivity contribution in [3.8, 4) is 17.5 Å². The first-order valence-electron chi connectivity index (χ1n) is 11.1. The number of halogens is 3. The Morgan fingerprint density at radius 1 is 1.11 bits per heavy atom. The van der Waals surface area contributed by atoms with Gasteiger partial charge in [0.2, 0.25) is 11.8 Å². The van der Waals surface area contributed by atoms with Crippen LogP contribution >= 0.6 is 0 Å². The number of ether oxygens (including phenoxy) is 2. The van der Waals surface area contributed by atoms with E-state index >= 15 is 0 Å². The van der Waals surface area contributed by atoms with Crippen LogP contribution in [-0.4, -0.2) is 46.1 Å². The number of benzene rings is 1. The Morgan fingerprint density at radius 2 is 1.92 bits per heavy atom. The maximum Gasteiger partial charge on any atom is 0.417 e. The van der Waals surface area contributed by atoms with Crippen LogP contribution in [0.15, 0.2) is 60.6 Å². The number of alkyl halides is 3. The molecule has 0 aliphatic carbocycles. The minimum absolute atomic E-state index is 0.0713. The average molecular weight is 499 g/mol. The van der Waals surface area contributed by atoms with Crippen molar-refractivity contribution in [3.63, 3.8) is 0 Å². The second-order valence-electron chi connectivity index (χ2n) is 8.25. The van der Waals surface area contributed by atoms with Crippen molar-refractivity contribution in [2.75, 3.05) is 25.5 Å². The molecule has 1 saturated heterocycles. The summed E-state index contributed by atoms with van der Waals surface area (Å²) in [5, 5.41) is 2.74. The molecule has 8 nitrogen and oxygen atoms in total. The summed E-state index contributed by atoms with van der Waals surface area (Å²) in [5.41, 5.74) is 1.22. The molecule has 36 heavy (non-hydrogen) atoms. The van der Waals surface area contributed by atoms with E-state index in [2.05, 4.69) is 20.3 Å². The molecule has 1 unspecified atom stereocenters. The lowest BCUT2D eigenvalue weighted by Gasteiger charge is -2.33. The predicted molar refractivity (Wildman–Crippen MR) is 127 cm³/mol. The van der Waals surface area contributed by atoms with E-state index in [9.17, 15) is 18.0 Å². The molecule has 1 aliphatic rings. The van der Waals surface area contributed by atoms with Gasteiger partial charge in [0.25, 0.3) is 0 Å². The zero-order valence-electron chi connectivity index (χ0n) is 19.6. The summed E-state index contributed by atoms with van der Waals surface area (Å²) < 4.78 is 48.8. The van der Waals surface area contributed by atoms with Crippen LogP contribution in [0, 0.1) is 5.92 Å².